The predicted octanol–water partition coefficient (Wildman–Crippen LogP) is 17.4. The third-order valence-corrected chi connectivity index (χ3v) is 13.1. The molecule has 0 fully saturated rings. The summed E-state index contributed by atoms with van der Waals surface area (Å²) in [5.41, 5.74) is 15.1. The SMILES string of the molecule is c1ccc(-c2oc3c(cc(C(c4ccccc4)c4ccccc4)c4c5oc(-c6ccccc6)c(-c6ccccc6)c5cc(C(c5ccccc5)c5ccccc5)c34)c2-c2ccccc2)cc1. The van der Waals surface area contributed by atoms with Crippen LogP contribution in [-0.2, 0) is 0 Å². The lowest BCUT2D eigenvalue weighted by molar-refractivity contribution is 0.632. The molecule has 0 saturated heterocycles. The standard InChI is InChI=1S/C64H44O2/c1-9-25-43(26-10-1)55(44-27-11-2-12-28-44)51-41-53-57(47-33-17-5-18-34-47)61(49-37-21-7-22-38-49)66-64(53)60-52(56(45-29-13-3-14-30-45)46-31-15-4-16-32-46)42-54-58(48-35-19-6-20-36-48)62(65-63(54)59(51)60)50-39-23-8-24-40-50/h1-42,55-56H. The van der Waals surface area contributed by atoms with E-state index < -0.39 is 0 Å². The van der Waals surface area contributed by atoms with Crippen LogP contribution in [0, 0.1) is 0 Å². The predicted molar refractivity (Wildman–Crippen MR) is 273 cm³/mol. The van der Waals surface area contributed by atoms with E-state index in [9.17, 15) is 0 Å². The first-order valence-electron chi connectivity index (χ1n) is 22.7. The molecule has 0 atom stereocenters. The Labute approximate surface area is 384 Å². The number of benzene rings is 10. The van der Waals surface area contributed by atoms with E-state index in [1.165, 1.54) is 22.3 Å². The summed E-state index contributed by atoms with van der Waals surface area (Å²) in [5.74, 6) is 1.33. The summed E-state index contributed by atoms with van der Waals surface area (Å²) in [6, 6.07) is 91.3. The minimum atomic E-state index is -0.172. The van der Waals surface area contributed by atoms with Gasteiger partial charge in [0.2, 0.25) is 0 Å². The van der Waals surface area contributed by atoms with Crippen molar-refractivity contribution >= 4 is 32.7 Å². The van der Waals surface area contributed by atoms with E-state index in [2.05, 4.69) is 255 Å². The maximum Gasteiger partial charge on any atom is 0.143 e. The summed E-state index contributed by atoms with van der Waals surface area (Å²) in [6.45, 7) is 0. The van der Waals surface area contributed by atoms with Crippen molar-refractivity contribution in [3.63, 3.8) is 0 Å². The van der Waals surface area contributed by atoms with Gasteiger partial charge in [-0.2, -0.15) is 0 Å². The van der Waals surface area contributed by atoms with Gasteiger partial charge in [0, 0.05) is 55.6 Å². The molecule has 2 aromatic heterocycles. The third-order valence-electron chi connectivity index (χ3n) is 13.1. The first kappa shape index (κ1) is 39.2. The van der Waals surface area contributed by atoms with Gasteiger partial charge < -0.3 is 8.83 Å². The molecule has 0 saturated carbocycles. The second-order valence-corrected chi connectivity index (χ2v) is 17.0. The Balaban J connectivity index is 1.37. The largest absolute Gasteiger partial charge is 0.455 e. The highest BCUT2D eigenvalue weighted by Crippen LogP contribution is 2.54. The maximum absolute atomic E-state index is 7.58. The molecule has 0 radical (unpaired) electrons. The molecule has 2 nitrogen and oxygen atoms in total. The van der Waals surface area contributed by atoms with Crippen LogP contribution in [0.3, 0.4) is 0 Å². The highest BCUT2D eigenvalue weighted by atomic mass is 16.3. The fourth-order valence-corrected chi connectivity index (χ4v) is 10.3. The van der Waals surface area contributed by atoms with Gasteiger partial charge in [-0.25, -0.2) is 0 Å². The van der Waals surface area contributed by atoms with Crippen LogP contribution in [0.1, 0.15) is 45.2 Å². The van der Waals surface area contributed by atoms with Gasteiger partial charge in [0.15, 0.2) is 0 Å². The lowest BCUT2D eigenvalue weighted by Gasteiger charge is -2.25. The van der Waals surface area contributed by atoms with Crippen LogP contribution in [0.15, 0.2) is 264 Å². The Hall–Kier alpha value is -8.46. The number of rotatable bonds is 10. The molecule has 0 aliphatic heterocycles. The van der Waals surface area contributed by atoms with E-state index >= 15 is 0 Å². The average Bonchev–Trinajstić information content (AvgIpc) is 3.98. The van der Waals surface area contributed by atoms with Gasteiger partial charge in [-0.15, -0.1) is 0 Å². The van der Waals surface area contributed by atoms with E-state index in [4.69, 9.17) is 8.83 Å². The summed E-state index contributed by atoms with van der Waals surface area (Å²) < 4.78 is 15.2. The van der Waals surface area contributed by atoms with Gasteiger partial charge in [-0.3, -0.25) is 0 Å². The molecular weight excluding hydrogens is 801 g/mol. The lowest BCUT2D eigenvalue weighted by atomic mass is 9.77. The van der Waals surface area contributed by atoms with E-state index in [1.807, 2.05) is 0 Å². The van der Waals surface area contributed by atoms with Crippen LogP contribution >= 0.6 is 0 Å². The zero-order chi connectivity index (χ0) is 43.8. The molecule has 0 unspecified atom stereocenters. The van der Waals surface area contributed by atoms with Gasteiger partial charge in [0.25, 0.3) is 0 Å². The van der Waals surface area contributed by atoms with Crippen LogP contribution in [-0.4, -0.2) is 0 Å². The Bertz CT molecular complexity index is 3260. The maximum atomic E-state index is 7.58. The van der Waals surface area contributed by atoms with Crippen molar-refractivity contribution in [3.8, 4) is 44.9 Å². The average molecular weight is 845 g/mol. The zero-order valence-electron chi connectivity index (χ0n) is 36.2. The monoisotopic (exact) mass is 844 g/mol. The molecule has 0 N–H and O–H groups in total. The minimum absolute atomic E-state index is 0.172. The van der Waals surface area contributed by atoms with Crippen molar-refractivity contribution in [1.29, 1.82) is 0 Å². The fraction of sp³-hybridized carbons (Fsp3) is 0.0312. The normalized spacial score (nSPS) is 11.6. The first-order chi connectivity index (χ1) is 32.8. The van der Waals surface area contributed by atoms with Crippen LogP contribution in [0.4, 0.5) is 0 Å². The van der Waals surface area contributed by atoms with E-state index in [1.54, 1.807) is 0 Å². The molecule has 12 aromatic rings. The molecule has 0 spiro atoms. The van der Waals surface area contributed by atoms with E-state index in [-0.39, 0.29) is 11.8 Å². The van der Waals surface area contributed by atoms with E-state index in [0.29, 0.717) is 0 Å². The minimum Gasteiger partial charge on any atom is -0.455 e. The molecule has 2 heteroatoms. The van der Waals surface area contributed by atoms with Crippen LogP contribution < -0.4 is 0 Å². The second kappa shape index (κ2) is 16.9. The quantitative estimate of drug-likeness (QED) is 0.128. The van der Waals surface area contributed by atoms with Gasteiger partial charge in [0.05, 0.1) is 0 Å². The molecule has 0 amide bonds. The molecule has 2 heterocycles. The lowest BCUT2D eigenvalue weighted by Crippen LogP contribution is -2.08. The van der Waals surface area contributed by atoms with Crippen molar-refractivity contribution in [2.45, 2.75) is 11.8 Å². The number of hydrogen-bond acceptors (Lipinski definition) is 2. The van der Waals surface area contributed by atoms with Crippen LogP contribution in [0.25, 0.3) is 77.6 Å². The smallest absolute Gasteiger partial charge is 0.143 e. The molecule has 10 aromatic carbocycles. The van der Waals surface area contributed by atoms with Crippen molar-refractivity contribution in [1.82, 2.24) is 0 Å². The van der Waals surface area contributed by atoms with Gasteiger partial charge in [-0.05, 0) is 56.6 Å². The van der Waals surface area contributed by atoms with Gasteiger partial charge in [0.1, 0.15) is 22.7 Å². The first-order valence-corrected chi connectivity index (χ1v) is 22.7. The van der Waals surface area contributed by atoms with E-state index in [0.717, 1.165) is 88.7 Å². The molecule has 0 aliphatic carbocycles. The molecule has 66 heavy (non-hydrogen) atoms. The van der Waals surface area contributed by atoms with Crippen LogP contribution in [0.2, 0.25) is 0 Å². The summed E-state index contributed by atoms with van der Waals surface area (Å²) in [7, 11) is 0. The molecule has 0 aliphatic rings. The van der Waals surface area contributed by atoms with Crippen molar-refractivity contribution in [2.24, 2.45) is 0 Å². The Morgan fingerprint density at radius 2 is 0.500 bits per heavy atom. The topological polar surface area (TPSA) is 26.3 Å². The van der Waals surface area contributed by atoms with Crippen molar-refractivity contribution in [3.05, 3.63) is 288 Å². The van der Waals surface area contributed by atoms with Gasteiger partial charge in [-0.1, -0.05) is 243 Å². The summed E-state index contributed by atoms with van der Waals surface area (Å²) in [4.78, 5) is 0. The summed E-state index contributed by atoms with van der Waals surface area (Å²) in [5, 5.41) is 4.19. The zero-order valence-corrected chi connectivity index (χ0v) is 36.2. The highest BCUT2D eigenvalue weighted by molar-refractivity contribution is 6.24. The van der Waals surface area contributed by atoms with Crippen molar-refractivity contribution in [2.75, 3.05) is 0 Å². The molecule has 0 bridgehead atoms. The fourth-order valence-electron chi connectivity index (χ4n) is 10.3. The third kappa shape index (κ3) is 6.83. The van der Waals surface area contributed by atoms with Gasteiger partial charge >= 0.3 is 0 Å². The number of fused-ring (bicyclic) bond motifs is 5. The highest BCUT2D eigenvalue weighted by Gasteiger charge is 2.33. The Morgan fingerprint density at radius 1 is 0.258 bits per heavy atom. The van der Waals surface area contributed by atoms with Crippen molar-refractivity contribution < 1.29 is 8.83 Å². The summed E-state index contributed by atoms with van der Waals surface area (Å²) >= 11 is 0. The molecule has 12 rings (SSSR count). The Morgan fingerprint density at radius 3 is 0.773 bits per heavy atom. The summed E-state index contributed by atoms with van der Waals surface area (Å²) in [6.07, 6.45) is 0. The number of hydrogen-bond donors (Lipinski definition) is 0. The molecular formula is C64H44O2. The van der Waals surface area contributed by atoms with Crippen LogP contribution in [0.5, 0.6) is 0 Å². The second-order valence-electron chi connectivity index (χ2n) is 17.0. The molecule has 312 valence electrons. The number of furan rings is 2. The Kier molecular flexibility index (Phi) is 10.0.